The van der Waals surface area contributed by atoms with Gasteiger partial charge in [-0.05, 0) is 35.9 Å². The van der Waals surface area contributed by atoms with Crippen molar-refractivity contribution in [2.45, 2.75) is 5.38 Å². The molecule has 1 heterocycles. The first-order valence-corrected chi connectivity index (χ1v) is 10.7. The number of carbonyl (C=O) groups excluding carboxylic acids is 2. The predicted octanol–water partition coefficient (Wildman–Crippen LogP) is 5.21. The van der Waals surface area contributed by atoms with Crippen LogP contribution in [0.2, 0.25) is 0 Å². The largest absolute Gasteiger partial charge is 0.493 e. The first-order valence-electron chi connectivity index (χ1n) is 10.2. The summed E-state index contributed by atoms with van der Waals surface area (Å²) in [7, 11) is 4.51. The SMILES string of the molecule is COc1ccc(/C=C2\Oc3cc(OC(=O)C(Cl)c4ccccc4)ccc3C2=O)c(OC)c1OC. The Morgan fingerprint density at radius 2 is 1.68 bits per heavy atom. The van der Waals surface area contributed by atoms with E-state index in [2.05, 4.69) is 0 Å². The zero-order valence-corrected chi connectivity index (χ0v) is 19.4. The van der Waals surface area contributed by atoms with Crippen LogP contribution in [-0.4, -0.2) is 33.1 Å². The number of Topliss-reactive ketones (excluding diaryl/α,β-unsaturated/α-hetero) is 1. The number of allylic oxidation sites excluding steroid dienone is 1. The Hall–Kier alpha value is -3.97. The summed E-state index contributed by atoms with van der Waals surface area (Å²) in [6.45, 7) is 0. The van der Waals surface area contributed by atoms with E-state index in [1.54, 1.807) is 48.5 Å². The minimum atomic E-state index is -0.968. The highest BCUT2D eigenvalue weighted by molar-refractivity contribution is 6.30. The van der Waals surface area contributed by atoms with Gasteiger partial charge in [0.15, 0.2) is 22.6 Å². The number of methoxy groups -OCH3 is 3. The van der Waals surface area contributed by atoms with Gasteiger partial charge in [-0.15, -0.1) is 11.6 Å². The average molecular weight is 481 g/mol. The third kappa shape index (κ3) is 4.43. The highest BCUT2D eigenvalue weighted by Gasteiger charge is 2.29. The van der Waals surface area contributed by atoms with Gasteiger partial charge in [-0.25, -0.2) is 4.79 Å². The van der Waals surface area contributed by atoms with Crippen LogP contribution in [0, 0.1) is 0 Å². The Balaban J connectivity index is 1.57. The van der Waals surface area contributed by atoms with Gasteiger partial charge in [0, 0.05) is 11.6 Å². The highest BCUT2D eigenvalue weighted by atomic mass is 35.5. The van der Waals surface area contributed by atoms with E-state index in [0.29, 0.717) is 33.9 Å². The van der Waals surface area contributed by atoms with Crippen LogP contribution >= 0.6 is 11.6 Å². The van der Waals surface area contributed by atoms with Crippen molar-refractivity contribution in [2.75, 3.05) is 21.3 Å². The molecular formula is C26H21ClO7. The lowest BCUT2D eigenvalue weighted by molar-refractivity contribution is -0.134. The molecule has 174 valence electrons. The molecule has 0 aromatic heterocycles. The number of hydrogen-bond donors (Lipinski definition) is 0. The summed E-state index contributed by atoms with van der Waals surface area (Å²) >= 11 is 6.24. The molecule has 1 unspecified atom stereocenters. The van der Waals surface area contributed by atoms with Gasteiger partial charge in [0.1, 0.15) is 11.5 Å². The number of fused-ring (bicyclic) bond motifs is 1. The van der Waals surface area contributed by atoms with Crippen LogP contribution in [0.15, 0.2) is 66.4 Å². The van der Waals surface area contributed by atoms with Crippen molar-refractivity contribution in [1.29, 1.82) is 0 Å². The summed E-state index contributed by atoms with van der Waals surface area (Å²) in [6, 6.07) is 16.8. The van der Waals surface area contributed by atoms with Gasteiger partial charge in [-0.1, -0.05) is 30.3 Å². The third-order valence-electron chi connectivity index (χ3n) is 5.18. The highest BCUT2D eigenvalue weighted by Crippen LogP contribution is 2.42. The van der Waals surface area contributed by atoms with Crippen LogP contribution in [0.1, 0.15) is 26.9 Å². The lowest BCUT2D eigenvalue weighted by Crippen LogP contribution is -2.14. The molecule has 1 aliphatic rings. The number of alkyl halides is 1. The topological polar surface area (TPSA) is 80.3 Å². The van der Waals surface area contributed by atoms with Gasteiger partial charge in [-0.3, -0.25) is 4.79 Å². The van der Waals surface area contributed by atoms with Crippen LogP contribution in [-0.2, 0) is 4.79 Å². The van der Waals surface area contributed by atoms with Crippen molar-refractivity contribution in [2.24, 2.45) is 0 Å². The number of hydrogen-bond acceptors (Lipinski definition) is 7. The van der Waals surface area contributed by atoms with E-state index in [1.807, 2.05) is 6.07 Å². The quantitative estimate of drug-likeness (QED) is 0.198. The fourth-order valence-electron chi connectivity index (χ4n) is 3.54. The van der Waals surface area contributed by atoms with E-state index in [4.69, 9.17) is 35.3 Å². The molecule has 8 heteroatoms. The van der Waals surface area contributed by atoms with E-state index in [-0.39, 0.29) is 23.0 Å². The number of esters is 1. The summed E-state index contributed by atoms with van der Waals surface area (Å²) in [5.74, 6) is 0.893. The van der Waals surface area contributed by atoms with Crippen LogP contribution in [0.3, 0.4) is 0 Å². The monoisotopic (exact) mass is 480 g/mol. The lowest BCUT2D eigenvalue weighted by Gasteiger charge is -2.14. The molecule has 0 amide bonds. The Kier molecular flexibility index (Phi) is 6.75. The van der Waals surface area contributed by atoms with Crippen LogP contribution < -0.4 is 23.7 Å². The second-order valence-electron chi connectivity index (χ2n) is 7.22. The molecule has 4 rings (SSSR count). The van der Waals surface area contributed by atoms with Gasteiger partial charge in [0.2, 0.25) is 11.5 Å². The smallest absolute Gasteiger partial charge is 0.334 e. The van der Waals surface area contributed by atoms with E-state index < -0.39 is 11.3 Å². The molecule has 0 saturated heterocycles. The Bertz CT molecular complexity index is 1270. The number of rotatable bonds is 7. The maximum atomic E-state index is 12.9. The lowest BCUT2D eigenvalue weighted by atomic mass is 10.1. The van der Waals surface area contributed by atoms with Crippen molar-refractivity contribution >= 4 is 29.4 Å². The molecule has 34 heavy (non-hydrogen) atoms. The number of benzene rings is 3. The molecule has 0 saturated carbocycles. The van der Waals surface area contributed by atoms with Crippen LogP contribution in [0.5, 0.6) is 28.7 Å². The van der Waals surface area contributed by atoms with Gasteiger partial charge >= 0.3 is 5.97 Å². The second-order valence-corrected chi connectivity index (χ2v) is 7.65. The fourth-order valence-corrected chi connectivity index (χ4v) is 3.73. The molecule has 0 aliphatic carbocycles. The van der Waals surface area contributed by atoms with Crippen LogP contribution in [0.4, 0.5) is 0 Å². The first kappa shape index (κ1) is 23.2. The van der Waals surface area contributed by atoms with E-state index in [1.165, 1.54) is 33.5 Å². The van der Waals surface area contributed by atoms with Crippen molar-refractivity contribution in [3.63, 3.8) is 0 Å². The minimum absolute atomic E-state index is 0.0866. The minimum Gasteiger partial charge on any atom is -0.493 e. The Morgan fingerprint density at radius 1 is 0.941 bits per heavy atom. The van der Waals surface area contributed by atoms with E-state index in [9.17, 15) is 9.59 Å². The second kappa shape index (κ2) is 9.89. The number of carbonyl (C=O) groups is 2. The van der Waals surface area contributed by atoms with Crippen LogP contribution in [0.25, 0.3) is 6.08 Å². The molecule has 3 aromatic carbocycles. The molecule has 0 fully saturated rings. The maximum Gasteiger partial charge on any atom is 0.334 e. The molecule has 1 aliphatic heterocycles. The summed E-state index contributed by atoms with van der Waals surface area (Å²) < 4.78 is 27.3. The Morgan fingerprint density at radius 3 is 2.35 bits per heavy atom. The van der Waals surface area contributed by atoms with Crippen molar-refractivity contribution < 1.29 is 33.3 Å². The van der Waals surface area contributed by atoms with Crippen molar-refractivity contribution in [3.05, 3.63) is 83.1 Å². The van der Waals surface area contributed by atoms with Gasteiger partial charge in [0.05, 0.1) is 26.9 Å². The molecule has 0 N–H and O–H groups in total. The fraction of sp³-hybridized carbons (Fsp3) is 0.154. The summed E-state index contributed by atoms with van der Waals surface area (Å²) in [6.07, 6.45) is 1.55. The molecule has 0 bridgehead atoms. The molecule has 0 spiro atoms. The summed E-state index contributed by atoms with van der Waals surface area (Å²) in [5, 5.41) is -0.968. The maximum absolute atomic E-state index is 12.9. The third-order valence-corrected chi connectivity index (χ3v) is 5.61. The van der Waals surface area contributed by atoms with Crippen molar-refractivity contribution in [1.82, 2.24) is 0 Å². The normalized spacial score (nSPS) is 14.2. The predicted molar refractivity (Wildman–Crippen MR) is 126 cm³/mol. The number of ketones is 1. The molecule has 1 atom stereocenters. The average Bonchev–Trinajstić information content (AvgIpc) is 3.17. The number of halogens is 1. The molecular weight excluding hydrogens is 460 g/mol. The zero-order chi connectivity index (χ0) is 24.2. The van der Waals surface area contributed by atoms with E-state index in [0.717, 1.165) is 0 Å². The zero-order valence-electron chi connectivity index (χ0n) is 18.7. The van der Waals surface area contributed by atoms with E-state index >= 15 is 0 Å². The first-order chi connectivity index (χ1) is 16.5. The molecule has 7 nitrogen and oxygen atoms in total. The summed E-state index contributed by atoms with van der Waals surface area (Å²) in [4.78, 5) is 25.3. The van der Waals surface area contributed by atoms with Gasteiger partial charge in [0.25, 0.3) is 0 Å². The standard InChI is InChI=1S/C26H21ClO7/c1-30-19-12-9-16(24(31-2)25(19)32-3)13-21-23(28)18-11-10-17(14-20(18)34-21)33-26(29)22(27)15-7-5-4-6-8-15/h4-14,22H,1-3H3/b21-13-. The Labute approximate surface area is 201 Å². The summed E-state index contributed by atoms with van der Waals surface area (Å²) in [5.41, 5.74) is 1.53. The van der Waals surface area contributed by atoms with Gasteiger partial charge < -0.3 is 23.7 Å². The molecule has 0 radical (unpaired) electrons. The van der Waals surface area contributed by atoms with Crippen molar-refractivity contribution in [3.8, 4) is 28.7 Å². The number of ether oxygens (including phenoxy) is 5. The van der Waals surface area contributed by atoms with Gasteiger partial charge in [-0.2, -0.15) is 0 Å². The molecule has 3 aromatic rings.